The van der Waals surface area contributed by atoms with Gasteiger partial charge in [-0.3, -0.25) is 0 Å². The Kier molecular flexibility index (Phi) is 1.76. The lowest BCUT2D eigenvalue weighted by Gasteiger charge is -2.79. The van der Waals surface area contributed by atoms with Crippen LogP contribution in [-0.2, 0) is 4.74 Å². The average molecular weight is 280 g/mol. The molecule has 3 saturated carbocycles. The van der Waals surface area contributed by atoms with Crippen molar-refractivity contribution >= 4 is 0 Å². The zero-order chi connectivity index (χ0) is 13.8. The third kappa shape index (κ3) is 0.683. The lowest BCUT2D eigenvalue weighted by molar-refractivity contribution is -0.443. The third-order valence-corrected chi connectivity index (χ3v) is 5.65. The van der Waals surface area contributed by atoms with Gasteiger partial charge in [0.25, 0.3) is 5.67 Å². The number of hydrogen-bond donors (Lipinski definition) is 0. The topological polar surface area (TPSA) is 9.23 Å². The standard InChI is InChI=1S/C13H13F5O/c1-2-19-9-8(14)12(17)10(15)6-4-3-5-7(6)11(10,16)13(9,12)18/h6-7H,2-5H2,1H3/t6-,7+,10-,11+,12+,13-/m0/s1. The summed E-state index contributed by atoms with van der Waals surface area (Å²) in [5.41, 5.74) is -12.8. The van der Waals surface area contributed by atoms with Crippen molar-refractivity contribution in [1.29, 1.82) is 0 Å². The van der Waals surface area contributed by atoms with Gasteiger partial charge >= 0.3 is 0 Å². The molecule has 6 heteroatoms. The lowest BCUT2D eigenvalue weighted by atomic mass is 9.28. The van der Waals surface area contributed by atoms with Crippen LogP contribution >= 0.6 is 0 Å². The second-order valence-corrected chi connectivity index (χ2v) is 5.96. The molecule has 1 nitrogen and oxygen atoms in total. The minimum absolute atomic E-state index is 0.117. The van der Waals surface area contributed by atoms with Crippen LogP contribution in [0.2, 0.25) is 0 Å². The Balaban J connectivity index is 1.87. The molecule has 4 aliphatic carbocycles. The fraction of sp³-hybridized carbons (Fsp3) is 0.846. The summed E-state index contributed by atoms with van der Waals surface area (Å²) in [6, 6.07) is 0. The largest absolute Gasteiger partial charge is 0.492 e. The zero-order valence-electron chi connectivity index (χ0n) is 10.3. The van der Waals surface area contributed by atoms with Crippen molar-refractivity contribution in [3.05, 3.63) is 11.6 Å². The van der Waals surface area contributed by atoms with Crippen LogP contribution in [0.4, 0.5) is 22.0 Å². The molecule has 0 spiro atoms. The number of rotatable bonds is 2. The molecule has 0 aromatic carbocycles. The second-order valence-electron chi connectivity index (χ2n) is 5.96. The normalized spacial score (nSPS) is 61.4. The Bertz CT molecular complexity index is 521. The highest BCUT2D eigenvalue weighted by atomic mass is 19.2. The molecule has 0 bridgehead atoms. The molecule has 0 N–H and O–H groups in total. The van der Waals surface area contributed by atoms with E-state index in [4.69, 9.17) is 0 Å². The number of ether oxygens (including phenoxy) is 1. The number of hydrogen-bond acceptors (Lipinski definition) is 1. The molecule has 0 amide bonds. The average Bonchev–Trinajstić information content (AvgIpc) is 2.87. The van der Waals surface area contributed by atoms with Gasteiger partial charge in [0.05, 0.1) is 6.61 Å². The molecule has 106 valence electrons. The van der Waals surface area contributed by atoms with E-state index in [1.165, 1.54) is 6.92 Å². The first-order chi connectivity index (χ1) is 8.83. The number of halogens is 5. The quantitative estimate of drug-likeness (QED) is 0.703. The summed E-state index contributed by atoms with van der Waals surface area (Å²) in [6.07, 6.45) is 1.12. The third-order valence-electron chi connectivity index (χ3n) is 5.65. The van der Waals surface area contributed by atoms with Gasteiger partial charge in [0.1, 0.15) is 0 Å². The fourth-order valence-electron chi connectivity index (χ4n) is 4.99. The van der Waals surface area contributed by atoms with Gasteiger partial charge in [0, 0.05) is 11.8 Å². The van der Waals surface area contributed by atoms with Gasteiger partial charge in [-0.1, -0.05) is 6.42 Å². The van der Waals surface area contributed by atoms with Gasteiger partial charge in [-0.05, 0) is 19.8 Å². The molecule has 0 saturated heterocycles. The predicted molar refractivity (Wildman–Crippen MR) is 55.9 cm³/mol. The van der Waals surface area contributed by atoms with E-state index in [-0.39, 0.29) is 13.0 Å². The smallest absolute Gasteiger partial charge is 0.250 e. The second kappa shape index (κ2) is 2.79. The molecule has 4 aliphatic rings. The summed E-state index contributed by atoms with van der Waals surface area (Å²) in [4.78, 5) is 0. The Morgan fingerprint density at radius 2 is 1.58 bits per heavy atom. The first kappa shape index (κ1) is 12.0. The maximum atomic E-state index is 14.8. The van der Waals surface area contributed by atoms with E-state index >= 15 is 0 Å². The van der Waals surface area contributed by atoms with Gasteiger partial charge in [0.15, 0.2) is 22.9 Å². The monoisotopic (exact) mass is 280 g/mol. The SMILES string of the molecule is CCOC1=C(F)[C@]2(F)[C@@]1(F)[C@@]1(F)[C@@H]3CCC[C@@H]3[C@@]21F. The van der Waals surface area contributed by atoms with E-state index in [0.29, 0.717) is 12.8 Å². The summed E-state index contributed by atoms with van der Waals surface area (Å²) in [5.74, 6) is -4.35. The summed E-state index contributed by atoms with van der Waals surface area (Å²) in [5, 5.41) is 0. The van der Waals surface area contributed by atoms with E-state index in [1.54, 1.807) is 0 Å². The number of alkyl halides is 4. The van der Waals surface area contributed by atoms with Crippen LogP contribution in [0.5, 0.6) is 0 Å². The van der Waals surface area contributed by atoms with Crippen molar-refractivity contribution in [1.82, 2.24) is 0 Å². The number of allylic oxidation sites excluding steroid dienone is 2. The molecule has 4 rings (SSSR count). The summed E-state index contributed by atoms with van der Waals surface area (Å²) in [6.45, 7) is 1.33. The Morgan fingerprint density at radius 3 is 2.11 bits per heavy atom. The van der Waals surface area contributed by atoms with Crippen LogP contribution in [0.3, 0.4) is 0 Å². The van der Waals surface area contributed by atoms with Gasteiger partial charge in [-0.25, -0.2) is 22.0 Å². The van der Waals surface area contributed by atoms with Crippen molar-refractivity contribution in [2.45, 2.75) is 48.9 Å². The van der Waals surface area contributed by atoms with E-state index < -0.39 is 46.1 Å². The van der Waals surface area contributed by atoms with Crippen molar-refractivity contribution in [2.24, 2.45) is 11.8 Å². The molecule has 0 radical (unpaired) electrons. The zero-order valence-corrected chi connectivity index (χ0v) is 10.3. The fourth-order valence-corrected chi connectivity index (χ4v) is 4.99. The van der Waals surface area contributed by atoms with Crippen LogP contribution in [0.15, 0.2) is 11.6 Å². The minimum atomic E-state index is -3.48. The Morgan fingerprint density at radius 1 is 1.05 bits per heavy atom. The van der Waals surface area contributed by atoms with Gasteiger partial charge in [-0.15, -0.1) is 0 Å². The highest BCUT2D eigenvalue weighted by Crippen LogP contribution is 2.89. The van der Waals surface area contributed by atoms with Crippen molar-refractivity contribution < 1.29 is 26.7 Å². The molecular weight excluding hydrogens is 267 g/mol. The lowest BCUT2D eigenvalue weighted by Crippen LogP contribution is -3.02. The molecule has 0 unspecified atom stereocenters. The maximum absolute atomic E-state index is 14.8. The molecular formula is C13H13F5O. The summed E-state index contributed by atoms with van der Waals surface area (Å²) in [7, 11) is 0. The first-order valence-electron chi connectivity index (χ1n) is 6.62. The van der Waals surface area contributed by atoms with Gasteiger partial charge in [-0.2, -0.15) is 0 Å². The first-order valence-corrected chi connectivity index (χ1v) is 6.62. The van der Waals surface area contributed by atoms with Crippen LogP contribution in [-0.4, -0.2) is 29.3 Å². The van der Waals surface area contributed by atoms with E-state index in [0.717, 1.165) is 0 Å². The van der Waals surface area contributed by atoms with Crippen molar-refractivity contribution in [3.63, 3.8) is 0 Å². The van der Waals surface area contributed by atoms with Crippen LogP contribution in [0.25, 0.3) is 0 Å². The minimum Gasteiger partial charge on any atom is -0.492 e. The molecule has 0 heterocycles. The highest BCUT2D eigenvalue weighted by Gasteiger charge is 3.09. The molecule has 0 aromatic heterocycles. The molecule has 19 heavy (non-hydrogen) atoms. The summed E-state index contributed by atoms with van der Waals surface area (Å²) < 4.78 is 77.2. The van der Waals surface area contributed by atoms with Gasteiger partial charge in [0.2, 0.25) is 5.67 Å². The maximum Gasteiger partial charge on any atom is 0.250 e. The van der Waals surface area contributed by atoms with Gasteiger partial charge < -0.3 is 4.74 Å². The van der Waals surface area contributed by atoms with Crippen LogP contribution in [0.1, 0.15) is 26.2 Å². The summed E-state index contributed by atoms with van der Waals surface area (Å²) >= 11 is 0. The Hall–Kier alpha value is -0.810. The number of fused-ring (bicyclic) bond motifs is 7. The van der Waals surface area contributed by atoms with Crippen LogP contribution < -0.4 is 0 Å². The van der Waals surface area contributed by atoms with Crippen LogP contribution in [0, 0.1) is 11.8 Å². The van der Waals surface area contributed by atoms with E-state index in [9.17, 15) is 22.0 Å². The van der Waals surface area contributed by atoms with E-state index in [2.05, 4.69) is 4.74 Å². The predicted octanol–water partition coefficient (Wildman–Crippen LogP) is 3.49. The molecule has 0 aromatic rings. The molecule has 6 atom stereocenters. The molecule has 3 fully saturated rings. The Labute approximate surface area is 106 Å². The van der Waals surface area contributed by atoms with E-state index in [1.807, 2.05) is 0 Å². The molecule has 0 aliphatic heterocycles. The van der Waals surface area contributed by atoms with Crippen molar-refractivity contribution in [2.75, 3.05) is 6.61 Å². The van der Waals surface area contributed by atoms with Crippen molar-refractivity contribution in [3.8, 4) is 0 Å². The highest BCUT2D eigenvalue weighted by molar-refractivity contribution is 5.66.